The smallest absolute Gasteiger partial charge is 0.253 e. The van der Waals surface area contributed by atoms with Crippen LogP contribution in [-0.4, -0.2) is 63.8 Å². The molecule has 2 aromatic heterocycles. The molecular formula is C26H28N6O2. The molecule has 4 aromatic rings. The van der Waals surface area contributed by atoms with Crippen LogP contribution in [0.1, 0.15) is 27.4 Å². The van der Waals surface area contributed by atoms with Gasteiger partial charge in [-0.05, 0) is 38.1 Å². The lowest BCUT2D eigenvalue weighted by molar-refractivity contribution is 0.0746. The molecule has 1 saturated heterocycles. The molecule has 0 N–H and O–H groups in total. The highest BCUT2D eigenvalue weighted by atomic mass is 16.5. The molecule has 8 nitrogen and oxygen atoms in total. The van der Waals surface area contributed by atoms with Gasteiger partial charge in [-0.25, -0.2) is 14.6 Å². The van der Waals surface area contributed by atoms with E-state index in [1.54, 1.807) is 7.11 Å². The van der Waals surface area contributed by atoms with Gasteiger partial charge in [0.05, 0.1) is 16.8 Å². The molecule has 0 spiro atoms. The van der Waals surface area contributed by atoms with E-state index in [2.05, 4.69) is 4.90 Å². The van der Waals surface area contributed by atoms with E-state index in [9.17, 15) is 4.79 Å². The standard InChI is InChI=1S/C26H28N6O2/c1-18-9-11-20(12-10-18)26(33)31-15-13-30(14-16-31)24-23-19(2)29-32(21-7-5-4-6-8-21)25(23)28-22(27-24)17-34-3/h4-12H,13-17H2,1-3H3. The highest BCUT2D eigenvalue weighted by Crippen LogP contribution is 2.30. The number of fused-ring (bicyclic) bond motifs is 1. The Morgan fingerprint density at radius 3 is 2.32 bits per heavy atom. The maximum absolute atomic E-state index is 13.0. The fourth-order valence-corrected chi connectivity index (χ4v) is 4.38. The molecule has 2 aromatic carbocycles. The zero-order valence-corrected chi connectivity index (χ0v) is 19.7. The average molecular weight is 457 g/mol. The first kappa shape index (κ1) is 22.0. The van der Waals surface area contributed by atoms with Gasteiger partial charge in [-0.15, -0.1) is 0 Å². The van der Waals surface area contributed by atoms with Crippen molar-refractivity contribution in [2.45, 2.75) is 20.5 Å². The third-order valence-electron chi connectivity index (χ3n) is 6.17. The van der Waals surface area contributed by atoms with Crippen LogP contribution in [0.5, 0.6) is 0 Å². The summed E-state index contributed by atoms with van der Waals surface area (Å²) in [6.45, 7) is 6.95. The molecule has 0 radical (unpaired) electrons. The Morgan fingerprint density at radius 1 is 0.941 bits per heavy atom. The van der Waals surface area contributed by atoms with Crippen molar-refractivity contribution in [3.05, 3.63) is 77.2 Å². The quantitative estimate of drug-likeness (QED) is 0.457. The number of methoxy groups -OCH3 is 1. The highest BCUT2D eigenvalue weighted by molar-refractivity contribution is 5.95. The summed E-state index contributed by atoms with van der Waals surface area (Å²) in [5.41, 5.74) is 4.45. The van der Waals surface area contributed by atoms with Gasteiger partial charge in [0.1, 0.15) is 12.4 Å². The second kappa shape index (κ2) is 9.23. The Kier molecular flexibility index (Phi) is 5.98. The minimum absolute atomic E-state index is 0.0700. The number of para-hydroxylation sites is 1. The number of anilines is 1. The predicted molar refractivity (Wildman–Crippen MR) is 131 cm³/mol. The van der Waals surface area contributed by atoms with Crippen molar-refractivity contribution >= 4 is 22.8 Å². The summed E-state index contributed by atoms with van der Waals surface area (Å²) in [5, 5.41) is 5.72. The van der Waals surface area contributed by atoms with Gasteiger partial charge < -0.3 is 14.5 Å². The monoisotopic (exact) mass is 456 g/mol. The largest absolute Gasteiger partial charge is 0.377 e. The van der Waals surface area contributed by atoms with Gasteiger partial charge in [0.25, 0.3) is 5.91 Å². The van der Waals surface area contributed by atoms with Crippen LogP contribution in [0, 0.1) is 13.8 Å². The third-order valence-corrected chi connectivity index (χ3v) is 6.17. The van der Waals surface area contributed by atoms with Gasteiger partial charge in [-0.1, -0.05) is 35.9 Å². The molecule has 34 heavy (non-hydrogen) atoms. The molecule has 3 heterocycles. The molecular weight excluding hydrogens is 428 g/mol. The Labute approximate surface area is 198 Å². The van der Waals surface area contributed by atoms with Crippen molar-refractivity contribution in [1.82, 2.24) is 24.6 Å². The van der Waals surface area contributed by atoms with Gasteiger partial charge in [0.2, 0.25) is 0 Å². The van der Waals surface area contributed by atoms with E-state index < -0.39 is 0 Å². The van der Waals surface area contributed by atoms with Crippen LogP contribution in [0.25, 0.3) is 16.7 Å². The van der Waals surface area contributed by atoms with Crippen LogP contribution in [-0.2, 0) is 11.3 Å². The lowest BCUT2D eigenvalue weighted by Crippen LogP contribution is -2.49. The first-order valence-electron chi connectivity index (χ1n) is 11.5. The van der Waals surface area contributed by atoms with E-state index in [0.717, 1.165) is 39.4 Å². The number of nitrogens with zero attached hydrogens (tertiary/aromatic N) is 6. The second-order valence-corrected chi connectivity index (χ2v) is 8.57. The number of ether oxygens (including phenoxy) is 1. The van der Waals surface area contributed by atoms with Crippen molar-refractivity contribution in [2.24, 2.45) is 0 Å². The lowest BCUT2D eigenvalue weighted by Gasteiger charge is -2.35. The first-order chi connectivity index (χ1) is 16.5. The van der Waals surface area contributed by atoms with Crippen LogP contribution < -0.4 is 4.90 Å². The van der Waals surface area contributed by atoms with E-state index in [4.69, 9.17) is 19.8 Å². The molecule has 1 fully saturated rings. The second-order valence-electron chi connectivity index (χ2n) is 8.57. The number of carbonyl (C=O) groups excluding carboxylic acids is 1. The zero-order valence-electron chi connectivity index (χ0n) is 19.7. The summed E-state index contributed by atoms with van der Waals surface area (Å²) in [6.07, 6.45) is 0. The van der Waals surface area contributed by atoms with Crippen molar-refractivity contribution < 1.29 is 9.53 Å². The number of hydrogen-bond acceptors (Lipinski definition) is 6. The molecule has 0 atom stereocenters. The van der Waals surface area contributed by atoms with E-state index >= 15 is 0 Å². The van der Waals surface area contributed by atoms with Crippen LogP contribution >= 0.6 is 0 Å². The van der Waals surface area contributed by atoms with Crippen molar-refractivity contribution in [3.8, 4) is 5.69 Å². The summed E-state index contributed by atoms with van der Waals surface area (Å²) in [4.78, 5) is 26.7. The number of aryl methyl sites for hydroxylation is 2. The Bertz CT molecular complexity index is 1310. The third kappa shape index (κ3) is 4.12. The fourth-order valence-electron chi connectivity index (χ4n) is 4.38. The summed E-state index contributed by atoms with van der Waals surface area (Å²) in [5.74, 6) is 1.53. The molecule has 1 aliphatic rings. The van der Waals surface area contributed by atoms with E-state index in [0.29, 0.717) is 38.6 Å². The molecule has 0 saturated carbocycles. The van der Waals surface area contributed by atoms with Gasteiger partial charge >= 0.3 is 0 Å². The Balaban J connectivity index is 1.46. The van der Waals surface area contributed by atoms with Crippen LogP contribution in [0.2, 0.25) is 0 Å². The van der Waals surface area contributed by atoms with Crippen molar-refractivity contribution in [2.75, 3.05) is 38.2 Å². The van der Waals surface area contributed by atoms with Gasteiger partial charge in [0.15, 0.2) is 11.5 Å². The average Bonchev–Trinajstić information content (AvgIpc) is 3.21. The van der Waals surface area contributed by atoms with Gasteiger partial charge in [-0.3, -0.25) is 4.79 Å². The summed E-state index contributed by atoms with van der Waals surface area (Å²) in [7, 11) is 1.64. The number of rotatable bonds is 5. The minimum atomic E-state index is 0.0700. The number of amides is 1. The molecule has 8 heteroatoms. The topological polar surface area (TPSA) is 76.4 Å². The molecule has 174 valence electrons. The fraction of sp³-hybridized carbons (Fsp3) is 0.308. The van der Waals surface area contributed by atoms with E-state index in [1.165, 1.54) is 0 Å². The summed E-state index contributed by atoms with van der Waals surface area (Å²) >= 11 is 0. The van der Waals surface area contributed by atoms with Gasteiger partial charge in [0, 0.05) is 38.9 Å². The normalized spacial score (nSPS) is 14.1. The molecule has 0 bridgehead atoms. The number of piperazine rings is 1. The number of hydrogen-bond donors (Lipinski definition) is 0. The first-order valence-corrected chi connectivity index (χ1v) is 11.5. The summed E-state index contributed by atoms with van der Waals surface area (Å²) < 4.78 is 7.22. The van der Waals surface area contributed by atoms with Gasteiger partial charge in [-0.2, -0.15) is 5.10 Å². The van der Waals surface area contributed by atoms with E-state index in [-0.39, 0.29) is 5.91 Å². The van der Waals surface area contributed by atoms with Crippen LogP contribution in [0.4, 0.5) is 5.82 Å². The predicted octanol–water partition coefficient (Wildman–Crippen LogP) is 3.54. The Morgan fingerprint density at radius 2 is 1.65 bits per heavy atom. The maximum Gasteiger partial charge on any atom is 0.253 e. The zero-order chi connectivity index (χ0) is 23.7. The number of benzene rings is 2. The molecule has 1 amide bonds. The van der Waals surface area contributed by atoms with Crippen LogP contribution in [0.15, 0.2) is 54.6 Å². The molecule has 5 rings (SSSR count). The molecule has 0 aliphatic carbocycles. The SMILES string of the molecule is COCc1nc(N2CCN(C(=O)c3ccc(C)cc3)CC2)c2c(C)nn(-c3ccccc3)c2n1. The lowest BCUT2D eigenvalue weighted by atomic mass is 10.1. The highest BCUT2D eigenvalue weighted by Gasteiger charge is 2.27. The van der Waals surface area contributed by atoms with Crippen LogP contribution in [0.3, 0.4) is 0 Å². The van der Waals surface area contributed by atoms with Crippen molar-refractivity contribution in [1.29, 1.82) is 0 Å². The van der Waals surface area contributed by atoms with Crippen molar-refractivity contribution in [3.63, 3.8) is 0 Å². The molecule has 0 unspecified atom stereocenters. The number of aromatic nitrogens is 4. The summed E-state index contributed by atoms with van der Waals surface area (Å²) in [6, 6.07) is 17.7. The Hall–Kier alpha value is -3.78. The maximum atomic E-state index is 13.0. The molecule has 1 aliphatic heterocycles. The number of carbonyl (C=O) groups is 1. The van der Waals surface area contributed by atoms with E-state index in [1.807, 2.05) is 78.0 Å². The minimum Gasteiger partial charge on any atom is -0.377 e.